The number of ether oxygens (including phenoxy) is 2. The second kappa shape index (κ2) is 7.58. The third-order valence-electron chi connectivity index (χ3n) is 2.82. The first-order chi connectivity index (χ1) is 10.5. The van der Waals surface area contributed by atoms with E-state index in [0.29, 0.717) is 32.3 Å². The van der Waals surface area contributed by atoms with E-state index in [9.17, 15) is 0 Å². The van der Waals surface area contributed by atoms with Crippen molar-refractivity contribution in [1.82, 2.24) is 0 Å². The molecule has 0 aliphatic rings. The molecular weight excluding hydrogens is 347 g/mol. The van der Waals surface area contributed by atoms with E-state index < -0.39 is 0 Å². The Morgan fingerprint density at radius 3 is 2.27 bits per heavy atom. The molecule has 0 aliphatic heterocycles. The highest BCUT2D eigenvalue weighted by molar-refractivity contribution is 6.41. The van der Waals surface area contributed by atoms with Gasteiger partial charge in [-0.3, -0.25) is 5.43 Å². The molecule has 0 fully saturated rings. The summed E-state index contributed by atoms with van der Waals surface area (Å²) in [5.41, 5.74) is 4.02. The molecule has 0 atom stereocenters. The molecule has 2 rings (SSSR count). The maximum Gasteiger partial charge on any atom is 0.127 e. The fourth-order valence-electron chi connectivity index (χ4n) is 1.76. The molecule has 22 heavy (non-hydrogen) atoms. The van der Waals surface area contributed by atoms with Crippen molar-refractivity contribution in [3.63, 3.8) is 0 Å². The Balaban J connectivity index is 2.23. The lowest BCUT2D eigenvalue weighted by Crippen LogP contribution is -1.96. The molecule has 2 aromatic rings. The monoisotopic (exact) mass is 358 g/mol. The molecule has 0 unspecified atom stereocenters. The van der Waals surface area contributed by atoms with Crippen LogP contribution in [-0.4, -0.2) is 20.4 Å². The molecule has 0 radical (unpaired) electrons. The minimum Gasteiger partial charge on any atom is -0.497 e. The van der Waals surface area contributed by atoms with Gasteiger partial charge in [-0.15, -0.1) is 0 Å². The molecule has 0 saturated heterocycles. The van der Waals surface area contributed by atoms with E-state index in [2.05, 4.69) is 10.5 Å². The van der Waals surface area contributed by atoms with Gasteiger partial charge in [0, 0.05) is 10.6 Å². The number of hydrogen-bond donors (Lipinski definition) is 1. The van der Waals surface area contributed by atoms with Crippen LogP contribution >= 0.6 is 34.8 Å². The van der Waals surface area contributed by atoms with Gasteiger partial charge in [-0.25, -0.2) is 0 Å². The SMILES string of the molecule is COc1ccc(OC)c(C=NNc2c(Cl)cc(Cl)cc2Cl)c1. The smallest absolute Gasteiger partial charge is 0.127 e. The third kappa shape index (κ3) is 3.97. The second-order valence-corrected chi connectivity index (χ2v) is 5.47. The summed E-state index contributed by atoms with van der Waals surface area (Å²) in [4.78, 5) is 0. The minimum absolute atomic E-state index is 0.382. The van der Waals surface area contributed by atoms with Crippen LogP contribution < -0.4 is 14.9 Å². The summed E-state index contributed by atoms with van der Waals surface area (Å²) in [7, 11) is 3.17. The van der Waals surface area contributed by atoms with Gasteiger partial charge in [0.2, 0.25) is 0 Å². The van der Waals surface area contributed by atoms with Crippen molar-refractivity contribution in [3.8, 4) is 11.5 Å². The maximum atomic E-state index is 6.07. The first kappa shape index (κ1) is 16.7. The molecule has 0 aromatic heterocycles. The van der Waals surface area contributed by atoms with Crippen molar-refractivity contribution in [2.24, 2.45) is 5.10 Å². The van der Waals surface area contributed by atoms with Crippen molar-refractivity contribution >= 4 is 46.7 Å². The van der Waals surface area contributed by atoms with Crippen LogP contribution in [0.5, 0.6) is 11.5 Å². The maximum absolute atomic E-state index is 6.07. The van der Waals surface area contributed by atoms with Crippen LogP contribution in [0.4, 0.5) is 5.69 Å². The van der Waals surface area contributed by atoms with Crippen molar-refractivity contribution in [3.05, 3.63) is 51.0 Å². The van der Waals surface area contributed by atoms with Crippen LogP contribution in [0, 0.1) is 0 Å². The van der Waals surface area contributed by atoms with E-state index in [1.807, 2.05) is 0 Å². The minimum atomic E-state index is 0.382. The van der Waals surface area contributed by atoms with Gasteiger partial charge in [-0.05, 0) is 30.3 Å². The molecule has 2 aromatic carbocycles. The van der Waals surface area contributed by atoms with Gasteiger partial charge in [0.05, 0.1) is 36.2 Å². The first-order valence-electron chi connectivity index (χ1n) is 6.20. The summed E-state index contributed by atoms with van der Waals surface area (Å²) in [5, 5.41) is 5.35. The lowest BCUT2D eigenvalue weighted by molar-refractivity contribution is 0.402. The zero-order chi connectivity index (χ0) is 16.1. The van der Waals surface area contributed by atoms with Crippen molar-refractivity contribution in [2.45, 2.75) is 0 Å². The van der Waals surface area contributed by atoms with Gasteiger partial charge in [-0.2, -0.15) is 5.10 Å². The van der Waals surface area contributed by atoms with E-state index in [4.69, 9.17) is 44.3 Å². The van der Waals surface area contributed by atoms with Gasteiger partial charge in [0.25, 0.3) is 0 Å². The highest BCUT2D eigenvalue weighted by Crippen LogP contribution is 2.33. The summed E-state index contributed by atoms with van der Waals surface area (Å²) in [6, 6.07) is 8.56. The van der Waals surface area contributed by atoms with E-state index >= 15 is 0 Å². The third-order valence-corrected chi connectivity index (χ3v) is 3.64. The van der Waals surface area contributed by atoms with Crippen LogP contribution in [0.25, 0.3) is 0 Å². The van der Waals surface area contributed by atoms with Crippen molar-refractivity contribution in [1.29, 1.82) is 0 Å². The molecule has 0 amide bonds. The summed E-state index contributed by atoms with van der Waals surface area (Å²) in [6.07, 6.45) is 1.59. The fraction of sp³-hybridized carbons (Fsp3) is 0.133. The number of anilines is 1. The van der Waals surface area contributed by atoms with E-state index in [1.54, 1.807) is 50.8 Å². The largest absolute Gasteiger partial charge is 0.497 e. The predicted octanol–water partition coefficient (Wildman–Crippen LogP) is 5.11. The highest BCUT2D eigenvalue weighted by atomic mass is 35.5. The van der Waals surface area contributed by atoms with Gasteiger partial charge >= 0.3 is 0 Å². The second-order valence-electron chi connectivity index (χ2n) is 4.22. The summed E-state index contributed by atoms with van der Waals surface area (Å²) in [5.74, 6) is 1.37. The molecule has 0 spiro atoms. The molecule has 7 heteroatoms. The van der Waals surface area contributed by atoms with E-state index in [1.165, 1.54) is 0 Å². The quantitative estimate of drug-likeness (QED) is 0.596. The Morgan fingerprint density at radius 2 is 1.68 bits per heavy atom. The standard InChI is InChI=1S/C15H13Cl3N2O2/c1-21-11-3-4-14(22-2)9(5-11)8-19-20-15-12(17)6-10(16)7-13(15)18/h3-8,20H,1-2H3. The van der Waals surface area contributed by atoms with Gasteiger partial charge in [0.15, 0.2) is 0 Å². The number of rotatable bonds is 5. The molecular formula is C15H13Cl3N2O2. The number of halogens is 3. The molecule has 1 N–H and O–H groups in total. The molecule has 0 saturated carbocycles. The lowest BCUT2D eigenvalue weighted by Gasteiger charge is -2.08. The van der Waals surface area contributed by atoms with E-state index in [-0.39, 0.29) is 0 Å². The van der Waals surface area contributed by atoms with Crippen molar-refractivity contribution < 1.29 is 9.47 Å². The van der Waals surface area contributed by atoms with Gasteiger partial charge in [0.1, 0.15) is 11.5 Å². The van der Waals surface area contributed by atoms with Crippen LogP contribution in [-0.2, 0) is 0 Å². The molecule has 116 valence electrons. The number of benzene rings is 2. The topological polar surface area (TPSA) is 42.9 Å². The number of nitrogens with zero attached hydrogens (tertiary/aromatic N) is 1. The lowest BCUT2D eigenvalue weighted by atomic mass is 10.2. The molecule has 0 heterocycles. The predicted molar refractivity (Wildman–Crippen MR) is 92.2 cm³/mol. The zero-order valence-corrected chi connectivity index (χ0v) is 14.1. The number of nitrogens with one attached hydrogen (secondary N) is 1. The van der Waals surface area contributed by atoms with Crippen LogP contribution in [0.1, 0.15) is 5.56 Å². The highest BCUT2D eigenvalue weighted by Gasteiger charge is 2.07. The average Bonchev–Trinajstić information content (AvgIpc) is 2.49. The first-order valence-corrected chi connectivity index (χ1v) is 7.34. The van der Waals surface area contributed by atoms with E-state index in [0.717, 1.165) is 5.56 Å². The summed E-state index contributed by atoms with van der Waals surface area (Å²) >= 11 is 18.0. The van der Waals surface area contributed by atoms with Gasteiger partial charge in [-0.1, -0.05) is 34.8 Å². The number of hydrazone groups is 1. The Bertz CT molecular complexity index is 682. The zero-order valence-electron chi connectivity index (χ0n) is 11.9. The van der Waals surface area contributed by atoms with Crippen molar-refractivity contribution in [2.75, 3.05) is 19.6 Å². The number of methoxy groups -OCH3 is 2. The Hall–Kier alpha value is -1.62. The summed E-state index contributed by atoms with van der Waals surface area (Å²) in [6.45, 7) is 0. The fourth-order valence-corrected chi connectivity index (χ4v) is 2.66. The van der Waals surface area contributed by atoms with Crippen LogP contribution in [0.15, 0.2) is 35.4 Å². The van der Waals surface area contributed by atoms with Crippen LogP contribution in [0.2, 0.25) is 15.1 Å². The Labute approximate surface area is 143 Å². The molecule has 0 bridgehead atoms. The Morgan fingerprint density at radius 1 is 1.00 bits per heavy atom. The van der Waals surface area contributed by atoms with Crippen LogP contribution in [0.3, 0.4) is 0 Å². The molecule has 4 nitrogen and oxygen atoms in total. The molecule has 0 aliphatic carbocycles. The Kier molecular flexibility index (Phi) is 5.77. The average molecular weight is 360 g/mol. The normalized spacial score (nSPS) is 10.8. The van der Waals surface area contributed by atoms with Gasteiger partial charge < -0.3 is 9.47 Å². The summed E-state index contributed by atoms with van der Waals surface area (Å²) < 4.78 is 10.4. The number of hydrogen-bond acceptors (Lipinski definition) is 4.